The van der Waals surface area contributed by atoms with Crippen LogP contribution in [0.1, 0.15) is 103 Å². The molecule has 6 N–H and O–H groups in total. The standard InChI is InChI=1S/C47H57N6O15P3/c1-7-52-24-11-14-30-25-37-39(27-40(30)52)47(2,3)38-26-32(50(4)5)18-20-36(38)43(37)34-15-8-9-16-35(34)45(56)51(6)23-12-17-41(54)48-22-10-13-31-28-53(46(57)49-44(31)55)42-21-19-33(66-42)29-65-70(61,62)68-71(63,64)67-69(58,59)60/h8-9,15-16,18,20,25-28,33,42H,7,11-12,14,17,19,21-24,29H2,1-6H3,(H5-,48,49,54,55,57,58,59,60,61,62,63,64)/p+1/t33-,42+/m0/s1. The number of H-pyrrole nitrogens is 1. The Balaban J connectivity index is 0.986. The van der Waals surface area contributed by atoms with Gasteiger partial charge in [-0.3, -0.25) is 28.5 Å². The van der Waals surface area contributed by atoms with Crippen LogP contribution in [0.25, 0.3) is 5.57 Å². The molecular formula is C47H58N6O15P3+. The van der Waals surface area contributed by atoms with E-state index in [1.54, 1.807) is 11.9 Å². The highest BCUT2D eigenvalue weighted by atomic mass is 31.3. The summed E-state index contributed by atoms with van der Waals surface area (Å²) in [6.07, 6.45) is 1.93. The monoisotopic (exact) mass is 1040 g/mol. The van der Waals surface area contributed by atoms with Gasteiger partial charge in [0, 0.05) is 75.0 Å². The average molecular weight is 1040 g/mol. The molecule has 380 valence electrons. The van der Waals surface area contributed by atoms with Crippen LogP contribution >= 0.6 is 23.5 Å². The minimum absolute atomic E-state index is 0.0793. The number of fused-ring (bicyclic) bond motifs is 3. The van der Waals surface area contributed by atoms with E-state index in [4.69, 9.17) is 14.5 Å². The van der Waals surface area contributed by atoms with Gasteiger partial charge in [-0.15, -0.1) is 0 Å². The lowest BCUT2D eigenvalue weighted by atomic mass is 9.68. The molecule has 1 fully saturated rings. The van der Waals surface area contributed by atoms with Crippen molar-refractivity contribution in [1.29, 1.82) is 0 Å². The van der Waals surface area contributed by atoms with Crippen LogP contribution in [0.15, 0.2) is 70.4 Å². The molecule has 3 aromatic carbocycles. The summed E-state index contributed by atoms with van der Waals surface area (Å²) in [5, 5.41) is 5.08. The number of hydrogen-bond donors (Lipinski definition) is 6. The van der Waals surface area contributed by atoms with E-state index >= 15 is 0 Å². The number of anilines is 1. The number of nitrogens with one attached hydrogen (secondary N) is 2. The number of carbonyl (C=O) groups excluding carboxylic acids is 2. The number of aryl methyl sites for hydroxylation is 1. The number of rotatable bonds is 17. The van der Waals surface area contributed by atoms with Crippen molar-refractivity contribution in [3.63, 3.8) is 0 Å². The average Bonchev–Trinajstić information content (AvgIpc) is 3.77. The van der Waals surface area contributed by atoms with Crippen molar-refractivity contribution in [2.24, 2.45) is 0 Å². The van der Waals surface area contributed by atoms with E-state index in [1.165, 1.54) is 22.0 Å². The van der Waals surface area contributed by atoms with Gasteiger partial charge in [-0.2, -0.15) is 8.62 Å². The van der Waals surface area contributed by atoms with Crippen molar-refractivity contribution in [2.75, 3.05) is 58.8 Å². The molecule has 0 radical (unpaired) electrons. The van der Waals surface area contributed by atoms with Gasteiger partial charge in [-0.25, -0.2) is 23.1 Å². The third-order valence-electron chi connectivity index (χ3n) is 12.7. The molecule has 4 atom stereocenters. The molecule has 4 aromatic rings. The fourth-order valence-corrected chi connectivity index (χ4v) is 12.3. The minimum atomic E-state index is -5.72. The summed E-state index contributed by atoms with van der Waals surface area (Å²) < 4.78 is 55.8. The van der Waals surface area contributed by atoms with Gasteiger partial charge in [0.05, 0.1) is 19.3 Å². The predicted octanol–water partition coefficient (Wildman–Crippen LogP) is 2.99. The molecule has 0 saturated carbocycles. The first kappa shape index (κ1) is 53.5. The van der Waals surface area contributed by atoms with Gasteiger partial charge in [0.15, 0.2) is 0 Å². The van der Waals surface area contributed by atoms with Gasteiger partial charge in [0.25, 0.3) is 11.5 Å². The number of aromatic nitrogens is 2. The molecule has 0 spiro atoms. The minimum Gasteiger partial charge on any atom is -0.378 e. The number of ether oxygens (including phenoxy) is 1. The Kier molecular flexibility index (Phi) is 16.1. The Morgan fingerprint density at radius 3 is 2.44 bits per heavy atom. The van der Waals surface area contributed by atoms with Crippen LogP contribution in [0.2, 0.25) is 0 Å². The Morgan fingerprint density at radius 1 is 0.972 bits per heavy atom. The second kappa shape index (κ2) is 21.4. The Hall–Kier alpha value is -5.32. The number of phosphoric acid groups is 3. The number of phosphoric ester groups is 1. The van der Waals surface area contributed by atoms with Crippen LogP contribution in [-0.4, -0.2) is 106 Å². The van der Waals surface area contributed by atoms with E-state index < -0.39 is 53.7 Å². The first-order valence-electron chi connectivity index (χ1n) is 22.9. The molecule has 7 rings (SSSR count). The molecule has 1 aromatic heterocycles. The van der Waals surface area contributed by atoms with Crippen molar-refractivity contribution in [3.05, 3.63) is 131 Å². The van der Waals surface area contributed by atoms with E-state index in [0.717, 1.165) is 64.3 Å². The molecule has 3 heterocycles. The molecule has 0 bridgehead atoms. The molecule has 24 heteroatoms. The van der Waals surface area contributed by atoms with Crippen LogP contribution in [0.3, 0.4) is 0 Å². The van der Waals surface area contributed by atoms with Crippen LogP contribution < -0.4 is 36.6 Å². The molecule has 71 heavy (non-hydrogen) atoms. The number of carbonyl (C=O) groups is 2. The topological polar surface area (TPSA) is 280 Å². The van der Waals surface area contributed by atoms with Crippen LogP contribution in [0, 0.1) is 11.8 Å². The van der Waals surface area contributed by atoms with Crippen molar-refractivity contribution < 1.29 is 60.7 Å². The number of nitrogens with zero attached hydrogens (tertiary/aromatic N) is 4. The summed E-state index contributed by atoms with van der Waals surface area (Å²) in [7, 11) is -10.9. The van der Waals surface area contributed by atoms with Crippen molar-refractivity contribution in [3.8, 4) is 11.8 Å². The van der Waals surface area contributed by atoms with Crippen LogP contribution in [0.5, 0.6) is 0 Å². The highest BCUT2D eigenvalue weighted by Gasteiger charge is 2.42. The first-order chi connectivity index (χ1) is 33.4. The van der Waals surface area contributed by atoms with Crippen LogP contribution in [-0.2, 0) is 48.2 Å². The molecule has 3 aliphatic rings. The Bertz CT molecular complexity index is 3230. The third-order valence-corrected chi connectivity index (χ3v) is 16.5. The van der Waals surface area contributed by atoms with Gasteiger partial charge in [-0.05, 0) is 89.9 Å². The van der Waals surface area contributed by atoms with E-state index in [1.807, 2.05) is 38.4 Å². The molecule has 1 saturated heterocycles. The largest absolute Gasteiger partial charge is 0.490 e. The quantitative estimate of drug-likeness (QED) is 0.0504. The van der Waals surface area contributed by atoms with E-state index in [9.17, 15) is 42.7 Å². The predicted molar refractivity (Wildman–Crippen MR) is 262 cm³/mol. The van der Waals surface area contributed by atoms with E-state index in [2.05, 4.69) is 95.9 Å². The maximum absolute atomic E-state index is 14.4. The van der Waals surface area contributed by atoms with Gasteiger partial charge in [-0.1, -0.05) is 50.0 Å². The fourth-order valence-electron chi connectivity index (χ4n) is 9.21. The molecule has 2 aliphatic heterocycles. The van der Waals surface area contributed by atoms with Gasteiger partial charge in [0.2, 0.25) is 11.3 Å². The SMILES string of the molecule is CC[N+]1=c2cc3c(cc2CCC1)=C(c1ccccc1C(=O)N(C)CCCC(=O)NCC#Cc1cn([C@H]2CC[C@@H](COP(=O)(O)OP(=O)(O)OP(=O)(O)O)O2)c(=O)[nH]c1=O)c1ccc(N(C)C)cc1C3(C)C. The zero-order valence-electron chi connectivity index (χ0n) is 40.1. The lowest BCUT2D eigenvalue weighted by molar-refractivity contribution is -0.121. The molecular weight excluding hydrogens is 981 g/mol. The lowest BCUT2D eigenvalue weighted by Crippen LogP contribution is -2.43. The maximum Gasteiger partial charge on any atom is 0.490 e. The van der Waals surface area contributed by atoms with Crippen molar-refractivity contribution in [2.45, 2.75) is 77.0 Å². The molecule has 2 unspecified atom stereocenters. The second-order valence-electron chi connectivity index (χ2n) is 18.2. The smallest absolute Gasteiger partial charge is 0.378 e. The Morgan fingerprint density at radius 2 is 1.72 bits per heavy atom. The lowest BCUT2D eigenvalue weighted by Gasteiger charge is -2.36. The number of amides is 2. The van der Waals surface area contributed by atoms with E-state index in [-0.39, 0.29) is 55.1 Å². The maximum atomic E-state index is 14.4. The molecule has 2 amide bonds. The van der Waals surface area contributed by atoms with Gasteiger partial charge >= 0.3 is 29.2 Å². The molecule has 1 aliphatic carbocycles. The zero-order chi connectivity index (χ0) is 51.6. The summed E-state index contributed by atoms with van der Waals surface area (Å²) in [5.74, 6) is 4.80. The normalized spacial score (nSPS) is 18.7. The van der Waals surface area contributed by atoms with E-state index in [0.29, 0.717) is 12.0 Å². The summed E-state index contributed by atoms with van der Waals surface area (Å²) in [6, 6.07) is 19.0. The zero-order valence-corrected chi connectivity index (χ0v) is 42.8. The highest BCUT2D eigenvalue weighted by Crippen LogP contribution is 2.66. The van der Waals surface area contributed by atoms with Gasteiger partial charge < -0.3 is 39.4 Å². The number of benzene rings is 3. The fraction of sp³-hybridized carbons (Fsp3) is 0.426. The highest BCUT2D eigenvalue weighted by molar-refractivity contribution is 7.66. The molecule has 21 nitrogen and oxygen atoms in total. The van der Waals surface area contributed by atoms with Crippen LogP contribution in [0.4, 0.5) is 5.69 Å². The Labute approximate surface area is 409 Å². The summed E-state index contributed by atoms with van der Waals surface area (Å²) in [4.78, 5) is 94.9. The number of aromatic amines is 1. The van der Waals surface area contributed by atoms with Gasteiger partial charge in [0.1, 0.15) is 24.9 Å². The van der Waals surface area contributed by atoms with Crippen molar-refractivity contribution >= 4 is 46.5 Å². The summed E-state index contributed by atoms with van der Waals surface area (Å²) in [6.45, 7) is 8.11. The first-order valence-corrected chi connectivity index (χ1v) is 27.4. The summed E-state index contributed by atoms with van der Waals surface area (Å²) in [5.41, 5.74) is 6.15. The third kappa shape index (κ3) is 12.5. The second-order valence-corrected chi connectivity index (χ2v) is 22.6. The van der Waals surface area contributed by atoms with Crippen molar-refractivity contribution in [1.82, 2.24) is 24.3 Å². The summed E-state index contributed by atoms with van der Waals surface area (Å²) >= 11 is 0. The number of hydrogen-bond acceptors (Lipinski definition) is 12.